The maximum atomic E-state index is 11.8. The predicted octanol–water partition coefficient (Wildman–Crippen LogP) is 1.24. The molecule has 0 saturated carbocycles. The van der Waals surface area contributed by atoms with E-state index in [-0.39, 0.29) is 10.6 Å². The number of hydrogen-bond donors (Lipinski definition) is 3. The summed E-state index contributed by atoms with van der Waals surface area (Å²) in [6, 6.07) is 3.55. The lowest BCUT2D eigenvalue weighted by atomic mass is 10.2. The Labute approximate surface area is 113 Å². The van der Waals surface area contributed by atoms with Crippen molar-refractivity contribution in [1.29, 1.82) is 0 Å². The first-order chi connectivity index (χ1) is 8.49. The van der Waals surface area contributed by atoms with Gasteiger partial charge in [0.25, 0.3) is 5.91 Å². The highest BCUT2D eigenvalue weighted by molar-refractivity contribution is 7.98. The zero-order valence-corrected chi connectivity index (χ0v) is 11.1. The lowest BCUT2D eigenvalue weighted by Gasteiger charge is -2.12. The standard InChI is InChI=1S/C11H12ClNO4S/c1-18-6-2-3-8(12)7(4-6)10(15)13-9(5-14)11(16)17/h2-4,9,14H,5H2,1H3,(H,13,15)(H,16,17). The van der Waals surface area contributed by atoms with E-state index in [2.05, 4.69) is 5.32 Å². The Kier molecular flexibility index (Phi) is 5.46. The highest BCUT2D eigenvalue weighted by Crippen LogP contribution is 2.22. The summed E-state index contributed by atoms with van der Waals surface area (Å²) in [6.07, 6.45) is 1.85. The molecule has 1 unspecified atom stereocenters. The van der Waals surface area contributed by atoms with Crippen LogP contribution in [0.3, 0.4) is 0 Å². The Morgan fingerprint density at radius 2 is 2.17 bits per heavy atom. The molecule has 1 amide bonds. The Morgan fingerprint density at radius 3 is 2.67 bits per heavy atom. The van der Waals surface area contributed by atoms with Crippen molar-refractivity contribution >= 4 is 35.2 Å². The van der Waals surface area contributed by atoms with Crippen LogP contribution in [0, 0.1) is 0 Å². The highest BCUT2D eigenvalue weighted by atomic mass is 35.5. The molecule has 7 heteroatoms. The zero-order valence-electron chi connectivity index (χ0n) is 9.51. The Bertz CT molecular complexity index is 466. The first-order valence-electron chi connectivity index (χ1n) is 4.97. The number of carbonyl (C=O) groups excluding carboxylic acids is 1. The molecule has 1 aromatic carbocycles. The van der Waals surface area contributed by atoms with Gasteiger partial charge in [-0.1, -0.05) is 11.6 Å². The molecule has 5 nitrogen and oxygen atoms in total. The van der Waals surface area contributed by atoms with E-state index in [1.54, 1.807) is 18.2 Å². The molecule has 1 aromatic rings. The molecule has 0 saturated heterocycles. The van der Waals surface area contributed by atoms with Gasteiger partial charge in [-0.15, -0.1) is 11.8 Å². The van der Waals surface area contributed by atoms with E-state index in [0.29, 0.717) is 0 Å². The molecule has 98 valence electrons. The second-order valence-electron chi connectivity index (χ2n) is 3.39. The minimum atomic E-state index is -1.34. The fraction of sp³-hybridized carbons (Fsp3) is 0.273. The number of benzene rings is 1. The van der Waals surface area contributed by atoms with Crippen molar-refractivity contribution in [3.63, 3.8) is 0 Å². The second-order valence-corrected chi connectivity index (χ2v) is 4.68. The Morgan fingerprint density at radius 1 is 1.50 bits per heavy atom. The predicted molar refractivity (Wildman–Crippen MR) is 69.2 cm³/mol. The maximum Gasteiger partial charge on any atom is 0.328 e. The van der Waals surface area contributed by atoms with Crippen LogP contribution in [-0.2, 0) is 4.79 Å². The lowest BCUT2D eigenvalue weighted by molar-refractivity contribution is -0.140. The number of carboxylic acids is 1. The molecule has 0 bridgehead atoms. The van der Waals surface area contributed by atoms with Crippen LogP contribution in [0.1, 0.15) is 10.4 Å². The van der Waals surface area contributed by atoms with Crippen LogP contribution in [0.25, 0.3) is 0 Å². The van der Waals surface area contributed by atoms with Gasteiger partial charge in [-0.3, -0.25) is 4.79 Å². The minimum Gasteiger partial charge on any atom is -0.480 e. The third kappa shape index (κ3) is 3.63. The lowest BCUT2D eigenvalue weighted by Crippen LogP contribution is -2.43. The van der Waals surface area contributed by atoms with E-state index in [9.17, 15) is 9.59 Å². The molecule has 0 radical (unpaired) electrons. The summed E-state index contributed by atoms with van der Waals surface area (Å²) in [5, 5.41) is 20.0. The minimum absolute atomic E-state index is 0.184. The second kappa shape index (κ2) is 6.63. The average Bonchev–Trinajstić information content (AvgIpc) is 2.35. The number of hydrogen-bond acceptors (Lipinski definition) is 4. The molecular weight excluding hydrogens is 278 g/mol. The monoisotopic (exact) mass is 289 g/mol. The zero-order chi connectivity index (χ0) is 13.7. The fourth-order valence-corrected chi connectivity index (χ4v) is 1.87. The van der Waals surface area contributed by atoms with Crippen molar-refractivity contribution < 1.29 is 19.8 Å². The van der Waals surface area contributed by atoms with Crippen molar-refractivity contribution in [3.8, 4) is 0 Å². The summed E-state index contributed by atoms with van der Waals surface area (Å²) in [7, 11) is 0. The maximum absolute atomic E-state index is 11.8. The number of amides is 1. The van der Waals surface area contributed by atoms with Crippen molar-refractivity contribution in [2.24, 2.45) is 0 Å². The molecule has 0 aliphatic carbocycles. The van der Waals surface area contributed by atoms with Gasteiger partial charge in [0.05, 0.1) is 17.2 Å². The van der Waals surface area contributed by atoms with E-state index in [1.165, 1.54) is 11.8 Å². The largest absolute Gasteiger partial charge is 0.480 e. The molecule has 1 atom stereocenters. The molecule has 18 heavy (non-hydrogen) atoms. The Balaban J connectivity index is 2.93. The van der Waals surface area contributed by atoms with E-state index in [4.69, 9.17) is 21.8 Å². The van der Waals surface area contributed by atoms with Crippen molar-refractivity contribution in [1.82, 2.24) is 5.32 Å². The third-order valence-corrected chi connectivity index (χ3v) is 3.26. The number of carboxylic acid groups (broad SMARTS) is 1. The third-order valence-electron chi connectivity index (χ3n) is 2.20. The molecule has 1 rings (SSSR count). The normalized spacial score (nSPS) is 11.9. The fourth-order valence-electron chi connectivity index (χ4n) is 1.23. The van der Waals surface area contributed by atoms with Crippen LogP contribution in [0.4, 0.5) is 0 Å². The molecule has 3 N–H and O–H groups in total. The topological polar surface area (TPSA) is 86.6 Å². The van der Waals surface area contributed by atoms with Gasteiger partial charge in [0.1, 0.15) is 0 Å². The number of rotatable bonds is 5. The molecule has 0 aromatic heterocycles. The van der Waals surface area contributed by atoms with Crippen LogP contribution in [0.15, 0.2) is 23.1 Å². The van der Waals surface area contributed by atoms with Crippen LogP contribution >= 0.6 is 23.4 Å². The number of aliphatic hydroxyl groups excluding tert-OH is 1. The highest BCUT2D eigenvalue weighted by Gasteiger charge is 2.21. The van der Waals surface area contributed by atoms with E-state index in [1.807, 2.05) is 6.26 Å². The van der Waals surface area contributed by atoms with Crippen LogP contribution in [0.2, 0.25) is 5.02 Å². The van der Waals surface area contributed by atoms with Crippen LogP contribution < -0.4 is 5.32 Å². The van der Waals surface area contributed by atoms with Gasteiger partial charge in [-0.2, -0.15) is 0 Å². The number of aliphatic carboxylic acids is 1. The van der Waals surface area contributed by atoms with Gasteiger partial charge < -0.3 is 15.5 Å². The van der Waals surface area contributed by atoms with E-state index < -0.39 is 24.5 Å². The number of carbonyl (C=O) groups is 2. The number of nitrogens with one attached hydrogen (secondary N) is 1. The quantitative estimate of drug-likeness (QED) is 0.710. The van der Waals surface area contributed by atoms with E-state index >= 15 is 0 Å². The SMILES string of the molecule is CSc1ccc(Cl)c(C(=O)NC(CO)C(=O)O)c1. The molecule has 0 aliphatic rings. The average molecular weight is 290 g/mol. The van der Waals surface area contributed by atoms with Gasteiger partial charge >= 0.3 is 5.97 Å². The summed E-state index contributed by atoms with van der Waals surface area (Å²) in [6.45, 7) is -0.680. The molecule has 0 fully saturated rings. The number of halogens is 1. The molecule has 0 aliphatic heterocycles. The Hall–Kier alpha value is -1.24. The van der Waals surface area contributed by atoms with Crippen LogP contribution in [-0.4, -0.2) is 41.0 Å². The van der Waals surface area contributed by atoms with Gasteiger partial charge in [-0.25, -0.2) is 4.79 Å². The first kappa shape index (κ1) is 14.8. The van der Waals surface area contributed by atoms with Gasteiger partial charge in [0.2, 0.25) is 0 Å². The van der Waals surface area contributed by atoms with Crippen molar-refractivity contribution in [2.75, 3.05) is 12.9 Å². The molecule has 0 heterocycles. The number of thioether (sulfide) groups is 1. The first-order valence-corrected chi connectivity index (χ1v) is 6.58. The summed E-state index contributed by atoms with van der Waals surface area (Å²) in [5.74, 6) is -1.93. The van der Waals surface area contributed by atoms with Gasteiger partial charge in [0, 0.05) is 4.90 Å². The van der Waals surface area contributed by atoms with E-state index in [0.717, 1.165) is 4.90 Å². The summed E-state index contributed by atoms with van der Waals surface area (Å²) >= 11 is 7.31. The van der Waals surface area contributed by atoms with Crippen molar-refractivity contribution in [2.45, 2.75) is 10.9 Å². The summed E-state index contributed by atoms with van der Waals surface area (Å²) in [4.78, 5) is 23.4. The molecular formula is C11H12ClNO4S. The smallest absolute Gasteiger partial charge is 0.328 e. The summed E-state index contributed by atoms with van der Waals surface area (Å²) in [5.41, 5.74) is 0.184. The van der Waals surface area contributed by atoms with Crippen LogP contribution in [0.5, 0.6) is 0 Å². The summed E-state index contributed by atoms with van der Waals surface area (Å²) < 4.78 is 0. The van der Waals surface area contributed by atoms with Gasteiger partial charge in [-0.05, 0) is 24.5 Å². The number of aliphatic hydroxyl groups is 1. The van der Waals surface area contributed by atoms with Gasteiger partial charge in [0.15, 0.2) is 6.04 Å². The molecule has 0 spiro atoms. The van der Waals surface area contributed by atoms with Crippen molar-refractivity contribution in [3.05, 3.63) is 28.8 Å².